The Hall–Kier alpha value is -1.49. The average Bonchev–Trinajstić information content (AvgIpc) is 2.48. The highest BCUT2D eigenvalue weighted by Crippen LogP contribution is 2.25. The van der Waals surface area contributed by atoms with Crippen molar-refractivity contribution in [2.75, 3.05) is 18.4 Å². The van der Waals surface area contributed by atoms with Gasteiger partial charge in [0.05, 0.1) is 0 Å². The highest BCUT2D eigenvalue weighted by atomic mass is 19.3. The fourth-order valence-electron chi connectivity index (χ4n) is 2.84. The van der Waals surface area contributed by atoms with Crippen LogP contribution in [0.2, 0.25) is 0 Å². The predicted octanol–water partition coefficient (Wildman–Crippen LogP) is 3.59. The topological polar surface area (TPSA) is 41.1 Å². The van der Waals surface area contributed by atoms with Crippen LogP contribution < -0.4 is 10.6 Å². The Kier molecular flexibility index (Phi) is 5.67. The van der Waals surface area contributed by atoms with Gasteiger partial charge in [-0.05, 0) is 49.9 Å². The lowest BCUT2D eigenvalue weighted by molar-refractivity contribution is -0.117. The van der Waals surface area contributed by atoms with Gasteiger partial charge in [-0.1, -0.05) is 19.1 Å². The van der Waals surface area contributed by atoms with E-state index in [2.05, 4.69) is 17.6 Å². The lowest BCUT2D eigenvalue weighted by atomic mass is 9.84. The number of rotatable bonds is 5. The van der Waals surface area contributed by atoms with Crippen LogP contribution in [-0.2, 0) is 4.79 Å². The van der Waals surface area contributed by atoms with Gasteiger partial charge in [-0.15, -0.1) is 0 Å². The molecule has 1 aromatic rings. The number of piperidine rings is 1. The number of carbonyl (C=O) groups is 1. The molecule has 1 atom stereocenters. The second-order valence-electron chi connectivity index (χ2n) is 5.74. The van der Waals surface area contributed by atoms with E-state index in [-0.39, 0.29) is 11.5 Å². The zero-order chi connectivity index (χ0) is 15.2. The van der Waals surface area contributed by atoms with Gasteiger partial charge >= 0.3 is 0 Å². The number of benzene rings is 1. The number of hydrogen-bond acceptors (Lipinski definition) is 2. The van der Waals surface area contributed by atoms with E-state index in [9.17, 15) is 13.6 Å². The molecule has 0 spiro atoms. The predicted molar refractivity (Wildman–Crippen MR) is 79.4 cm³/mol. The van der Waals surface area contributed by atoms with E-state index in [0.717, 1.165) is 25.9 Å². The smallest absolute Gasteiger partial charge is 0.263 e. The summed E-state index contributed by atoms with van der Waals surface area (Å²) in [5, 5.41) is 6.03. The number of hydrogen-bond donors (Lipinski definition) is 2. The molecule has 1 amide bonds. The third kappa shape index (κ3) is 4.77. The molecule has 2 rings (SSSR count). The van der Waals surface area contributed by atoms with Gasteiger partial charge in [0.15, 0.2) is 0 Å². The van der Waals surface area contributed by atoms with Crippen LogP contribution in [0.1, 0.15) is 38.2 Å². The molecule has 0 bridgehead atoms. The molecule has 1 aliphatic heterocycles. The Labute approximate surface area is 124 Å². The second kappa shape index (κ2) is 7.50. The first-order valence-electron chi connectivity index (χ1n) is 7.45. The Bertz CT molecular complexity index is 473. The van der Waals surface area contributed by atoms with E-state index in [4.69, 9.17) is 0 Å². The molecule has 0 radical (unpaired) electrons. The van der Waals surface area contributed by atoms with Gasteiger partial charge in [0.2, 0.25) is 5.91 Å². The molecule has 5 heteroatoms. The molecule has 0 aliphatic carbocycles. The van der Waals surface area contributed by atoms with Crippen LogP contribution in [-0.4, -0.2) is 19.0 Å². The van der Waals surface area contributed by atoms with Gasteiger partial charge in [0.25, 0.3) is 6.43 Å². The first-order chi connectivity index (χ1) is 10.1. The van der Waals surface area contributed by atoms with Crippen molar-refractivity contribution in [1.29, 1.82) is 0 Å². The molecule has 3 nitrogen and oxygen atoms in total. The van der Waals surface area contributed by atoms with E-state index >= 15 is 0 Å². The molecule has 1 saturated heterocycles. The molecule has 1 unspecified atom stereocenters. The summed E-state index contributed by atoms with van der Waals surface area (Å²) >= 11 is 0. The quantitative estimate of drug-likeness (QED) is 0.872. The number of alkyl halides is 2. The highest BCUT2D eigenvalue weighted by molar-refractivity contribution is 5.90. The van der Waals surface area contributed by atoms with Crippen LogP contribution in [0, 0.1) is 11.8 Å². The lowest BCUT2D eigenvalue weighted by Crippen LogP contribution is -2.32. The van der Waals surface area contributed by atoms with Gasteiger partial charge < -0.3 is 10.6 Å². The summed E-state index contributed by atoms with van der Waals surface area (Å²) in [6, 6.07) is 5.86. The number of anilines is 1. The first kappa shape index (κ1) is 15.9. The number of nitrogens with one attached hydrogen (secondary N) is 2. The minimum atomic E-state index is -2.52. The van der Waals surface area contributed by atoms with Crippen LogP contribution in [0.5, 0.6) is 0 Å². The molecule has 1 aromatic carbocycles. The summed E-state index contributed by atoms with van der Waals surface area (Å²) in [5.41, 5.74) is 0.370. The molecular formula is C16H22F2N2O. The van der Waals surface area contributed by atoms with Crippen molar-refractivity contribution < 1.29 is 13.6 Å². The van der Waals surface area contributed by atoms with Crippen molar-refractivity contribution in [2.45, 2.75) is 32.6 Å². The number of carbonyl (C=O) groups excluding carboxylic acids is 1. The van der Waals surface area contributed by atoms with Crippen LogP contribution >= 0.6 is 0 Å². The normalized spacial score (nSPS) is 17.7. The fraction of sp³-hybridized carbons (Fsp3) is 0.562. The lowest BCUT2D eigenvalue weighted by Gasteiger charge is -2.27. The standard InChI is InChI=1S/C16H22F2N2O/c1-11(12-5-7-19-8-6-12)9-15(21)20-14-4-2-3-13(10-14)16(17)18/h2-4,10-12,16,19H,5-9H2,1H3,(H,20,21). The van der Waals surface area contributed by atoms with Crippen molar-refractivity contribution in [1.82, 2.24) is 5.32 Å². The number of amides is 1. The van der Waals surface area contributed by atoms with E-state index in [0.29, 0.717) is 23.9 Å². The van der Waals surface area contributed by atoms with E-state index in [1.54, 1.807) is 6.07 Å². The van der Waals surface area contributed by atoms with E-state index < -0.39 is 6.43 Å². The maximum absolute atomic E-state index is 12.6. The molecular weight excluding hydrogens is 274 g/mol. The zero-order valence-electron chi connectivity index (χ0n) is 12.2. The van der Waals surface area contributed by atoms with Crippen molar-refractivity contribution in [3.63, 3.8) is 0 Å². The highest BCUT2D eigenvalue weighted by Gasteiger charge is 2.22. The molecule has 1 aliphatic rings. The van der Waals surface area contributed by atoms with Crippen molar-refractivity contribution in [3.8, 4) is 0 Å². The first-order valence-corrected chi connectivity index (χ1v) is 7.45. The minimum Gasteiger partial charge on any atom is -0.326 e. The van der Waals surface area contributed by atoms with Gasteiger partial charge in [0.1, 0.15) is 0 Å². The second-order valence-corrected chi connectivity index (χ2v) is 5.74. The molecule has 1 fully saturated rings. The summed E-state index contributed by atoms with van der Waals surface area (Å²) < 4.78 is 25.2. The molecule has 2 N–H and O–H groups in total. The third-order valence-electron chi connectivity index (χ3n) is 4.12. The molecule has 1 heterocycles. The fourth-order valence-corrected chi connectivity index (χ4v) is 2.84. The Balaban J connectivity index is 1.87. The molecule has 116 valence electrons. The maximum Gasteiger partial charge on any atom is 0.263 e. The van der Waals surface area contributed by atoms with E-state index in [1.807, 2.05) is 0 Å². The van der Waals surface area contributed by atoms with Crippen LogP contribution in [0.4, 0.5) is 14.5 Å². The monoisotopic (exact) mass is 296 g/mol. The summed E-state index contributed by atoms with van der Waals surface area (Å²) in [6.07, 6.45) is 0.101. The Morgan fingerprint density at radius 3 is 2.76 bits per heavy atom. The summed E-state index contributed by atoms with van der Waals surface area (Å²) in [5.74, 6) is 0.766. The summed E-state index contributed by atoms with van der Waals surface area (Å²) in [7, 11) is 0. The zero-order valence-corrected chi connectivity index (χ0v) is 12.2. The van der Waals surface area contributed by atoms with Gasteiger partial charge in [-0.3, -0.25) is 4.79 Å². The Morgan fingerprint density at radius 1 is 1.38 bits per heavy atom. The molecule has 0 saturated carbocycles. The van der Waals surface area contributed by atoms with Gasteiger partial charge in [0, 0.05) is 17.7 Å². The summed E-state index contributed by atoms with van der Waals surface area (Å²) in [4.78, 5) is 12.0. The summed E-state index contributed by atoms with van der Waals surface area (Å²) in [6.45, 7) is 4.10. The SMILES string of the molecule is CC(CC(=O)Nc1cccc(C(F)F)c1)C1CCNCC1. The van der Waals surface area contributed by atoms with Gasteiger partial charge in [-0.25, -0.2) is 8.78 Å². The van der Waals surface area contributed by atoms with Crippen LogP contribution in [0.25, 0.3) is 0 Å². The van der Waals surface area contributed by atoms with Crippen molar-refractivity contribution in [3.05, 3.63) is 29.8 Å². The van der Waals surface area contributed by atoms with Crippen molar-refractivity contribution in [2.24, 2.45) is 11.8 Å². The van der Waals surface area contributed by atoms with Crippen LogP contribution in [0.15, 0.2) is 24.3 Å². The number of halogens is 2. The minimum absolute atomic E-state index is 0.0702. The largest absolute Gasteiger partial charge is 0.326 e. The average molecular weight is 296 g/mol. The van der Waals surface area contributed by atoms with Crippen molar-refractivity contribution >= 4 is 11.6 Å². The maximum atomic E-state index is 12.6. The Morgan fingerprint density at radius 2 is 2.10 bits per heavy atom. The molecule has 0 aromatic heterocycles. The third-order valence-corrected chi connectivity index (χ3v) is 4.12. The van der Waals surface area contributed by atoms with Gasteiger partial charge in [-0.2, -0.15) is 0 Å². The molecule has 21 heavy (non-hydrogen) atoms. The van der Waals surface area contributed by atoms with Crippen LogP contribution in [0.3, 0.4) is 0 Å². The van der Waals surface area contributed by atoms with E-state index in [1.165, 1.54) is 18.2 Å².